The van der Waals surface area contributed by atoms with E-state index in [1.165, 1.54) is 43.2 Å². The molecule has 18 heteroatoms. The lowest BCUT2D eigenvalue weighted by Crippen LogP contribution is -2.54. The van der Waals surface area contributed by atoms with Gasteiger partial charge in [-0.3, -0.25) is 38.6 Å². The van der Waals surface area contributed by atoms with Crippen LogP contribution in [0, 0.1) is 0 Å². The normalized spacial score (nSPS) is 15.4. The summed E-state index contributed by atoms with van der Waals surface area (Å²) < 4.78 is 23.9. The lowest BCUT2D eigenvalue weighted by atomic mass is 10.0. The zero-order chi connectivity index (χ0) is 39.3. The van der Waals surface area contributed by atoms with E-state index >= 15 is 0 Å². The molecule has 288 valence electrons. The Morgan fingerprint density at radius 1 is 0.911 bits per heavy atom. The molecular formula is C38H36N8O10. The lowest BCUT2D eigenvalue weighted by Gasteiger charge is -2.32. The Bertz CT molecular complexity index is 2390. The molecule has 2 aliphatic heterocycles. The van der Waals surface area contributed by atoms with Crippen molar-refractivity contribution in [2.75, 3.05) is 57.3 Å². The molecule has 5 aromatic rings. The van der Waals surface area contributed by atoms with Gasteiger partial charge in [-0.25, -0.2) is 14.6 Å². The van der Waals surface area contributed by atoms with Crippen molar-refractivity contribution >= 4 is 52.0 Å². The molecule has 56 heavy (non-hydrogen) atoms. The van der Waals surface area contributed by atoms with Gasteiger partial charge in [0.1, 0.15) is 35.3 Å². The van der Waals surface area contributed by atoms with Crippen LogP contribution in [-0.4, -0.2) is 112 Å². The third-order valence-corrected chi connectivity index (χ3v) is 9.10. The quantitative estimate of drug-likeness (QED) is 0.116. The summed E-state index contributed by atoms with van der Waals surface area (Å²) in [5.74, 6) is -1.78. The molecule has 0 aliphatic carbocycles. The molecule has 5 amide bonds. The molecule has 7 rings (SSSR count). The fraction of sp³-hybridized carbons (Fsp3) is 0.289. The number of nitrogens with one attached hydrogen (secondary N) is 2. The number of aromatic nitrogens is 4. The number of piperidine rings is 1. The van der Waals surface area contributed by atoms with Crippen LogP contribution < -0.4 is 20.9 Å². The van der Waals surface area contributed by atoms with E-state index in [0.717, 1.165) is 9.80 Å². The van der Waals surface area contributed by atoms with E-state index < -0.39 is 29.7 Å². The van der Waals surface area contributed by atoms with E-state index in [2.05, 4.69) is 25.7 Å². The number of hydrogen-bond acceptors (Lipinski definition) is 14. The number of amides is 5. The van der Waals surface area contributed by atoms with E-state index in [0.29, 0.717) is 60.3 Å². The highest BCUT2D eigenvalue weighted by atomic mass is 16.5. The average Bonchev–Trinajstić information content (AvgIpc) is 3.74. The minimum Gasteiger partial charge on any atom is -0.490 e. The smallest absolute Gasteiger partial charge is 0.274 e. The monoisotopic (exact) mass is 764 g/mol. The summed E-state index contributed by atoms with van der Waals surface area (Å²) in [6.07, 6.45) is 1.61. The molecule has 0 spiro atoms. The van der Waals surface area contributed by atoms with Gasteiger partial charge in [0, 0.05) is 50.6 Å². The number of benzene rings is 2. The number of aryl methyl sites for hydroxylation is 1. The number of ether oxygens (including phenoxy) is 3. The fourth-order valence-corrected chi connectivity index (χ4v) is 6.19. The third kappa shape index (κ3) is 7.87. The number of oxazole rings is 1. The van der Waals surface area contributed by atoms with E-state index in [1.807, 2.05) is 0 Å². The number of likely N-dealkylation sites (N-methyl/N-ethyl adjacent to an activating group) is 1. The minimum atomic E-state index is -1.02. The fourth-order valence-electron chi connectivity index (χ4n) is 6.19. The third-order valence-electron chi connectivity index (χ3n) is 9.10. The Kier molecular flexibility index (Phi) is 10.9. The first-order valence-electron chi connectivity index (χ1n) is 17.6. The largest absolute Gasteiger partial charge is 0.490 e. The van der Waals surface area contributed by atoms with E-state index in [-0.39, 0.29) is 60.2 Å². The van der Waals surface area contributed by atoms with Crippen LogP contribution in [-0.2, 0) is 26.1 Å². The second-order valence-corrected chi connectivity index (χ2v) is 12.8. The number of pyridine rings is 1. The summed E-state index contributed by atoms with van der Waals surface area (Å²) in [6.45, 7) is 1.77. The molecule has 2 aromatic carbocycles. The molecule has 2 aliphatic rings. The first kappa shape index (κ1) is 37.5. The average molecular weight is 765 g/mol. The Morgan fingerprint density at radius 3 is 2.50 bits per heavy atom. The molecule has 0 saturated carbocycles. The number of anilines is 2. The highest BCUT2D eigenvalue weighted by molar-refractivity contribution is 6.25. The molecule has 1 fully saturated rings. The Morgan fingerprint density at radius 2 is 1.71 bits per heavy atom. The molecule has 18 nitrogen and oxygen atoms in total. The maximum atomic E-state index is 13.3. The highest BCUT2D eigenvalue weighted by Gasteiger charge is 2.47. The van der Waals surface area contributed by atoms with Crippen LogP contribution in [0.15, 0.2) is 76.1 Å². The number of imide groups is 2. The highest BCUT2D eigenvalue weighted by Crippen LogP contribution is 2.33. The van der Waals surface area contributed by atoms with E-state index in [9.17, 15) is 28.8 Å². The summed E-state index contributed by atoms with van der Waals surface area (Å²) >= 11 is 0. The number of hydrogen-bond donors (Lipinski definition) is 2. The van der Waals surface area contributed by atoms with Crippen molar-refractivity contribution in [1.82, 2.24) is 29.5 Å². The van der Waals surface area contributed by atoms with Crippen molar-refractivity contribution in [3.05, 3.63) is 94.0 Å². The van der Waals surface area contributed by atoms with Crippen molar-refractivity contribution in [3.63, 3.8) is 0 Å². The minimum absolute atomic E-state index is 0.0722. The topological polar surface area (TPSA) is 217 Å². The van der Waals surface area contributed by atoms with Gasteiger partial charge in [-0.2, -0.15) is 5.10 Å². The van der Waals surface area contributed by atoms with Gasteiger partial charge >= 0.3 is 0 Å². The van der Waals surface area contributed by atoms with Crippen LogP contribution in [0.3, 0.4) is 0 Å². The molecule has 1 saturated heterocycles. The van der Waals surface area contributed by atoms with Crippen molar-refractivity contribution < 1.29 is 42.6 Å². The molecule has 1 atom stereocenters. The van der Waals surface area contributed by atoms with Gasteiger partial charge < -0.3 is 29.3 Å². The van der Waals surface area contributed by atoms with E-state index in [4.69, 9.17) is 18.6 Å². The summed E-state index contributed by atoms with van der Waals surface area (Å²) in [4.78, 5) is 86.0. The van der Waals surface area contributed by atoms with Gasteiger partial charge in [-0.15, -0.1) is 0 Å². The van der Waals surface area contributed by atoms with Crippen LogP contribution in [0.5, 0.6) is 5.75 Å². The standard InChI is InChI=1S/C38H36N8O10/c1-44-31(47)13-11-29(37(44)51)46-36(50)24-4-3-5-26(33(24)38(46)52)39-14-15-53-16-17-54-18-19-55-23-7-9-27(40-21-23)34(49)41-22-6-8-25-30(20-22)56-35(42-25)28-10-12-32(48)45(2)43-28/h3-10,12,20-21,29,39H,11,13-19H2,1-2H3,(H,41,49). The molecule has 0 bridgehead atoms. The molecule has 1 unspecified atom stereocenters. The van der Waals surface area contributed by atoms with Crippen molar-refractivity contribution in [2.24, 2.45) is 7.05 Å². The zero-order valence-corrected chi connectivity index (χ0v) is 30.4. The van der Waals surface area contributed by atoms with Gasteiger partial charge in [-0.1, -0.05) is 6.07 Å². The Hall–Kier alpha value is -6.79. The predicted molar refractivity (Wildman–Crippen MR) is 198 cm³/mol. The first-order chi connectivity index (χ1) is 27.1. The Balaban J connectivity index is 0.790. The van der Waals surface area contributed by atoms with Crippen molar-refractivity contribution in [1.29, 1.82) is 0 Å². The zero-order valence-electron chi connectivity index (χ0n) is 30.4. The summed E-state index contributed by atoms with van der Waals surface area (Å²) in [6, 6.07) is 15.0. The van der Waals surface area contributed by atoms with Crippen LogP contribution in [0.1, 0.15) is 44.0 Å². The molecule has 2 N–H and O–H groups in total. The second-order valence-electron chi connectivity index (χ2n) is 12.8. The maximum Gasteiger partial charge on any atom is 0.274 e. The van der Waals surface area contributed by atoms with Gasteiger partial charge in [0.15, 0.2) is 5.58 Å². The van der Waals surface area contributed by atoms with Crippen LogP contribution in [0.4, 0.5) is 11.4 Å². The lowest BCUT2D eigenvalue weighted by molar-refractivity contribution is -0.149. The van der Waals surface area contributed by atoms with Crippen molar-refractivity contribution in [2.45, 2.75) is 18.9 Å². The molecule has 0 radical (unpaired) electrons. The summed E-state index contributed by atoms with van der Waals surface area (Å²) in [5, 5.41) is 10.1. The van der Waals surface area contributed by atoms with Gasteiger partial charge in [-0.05, 0) is 48.9 Å². The van der Waals surface area contributed by atoms with Gasteiger partial charge in [0.2, 0.25) is 11.8 Å². The van der Waals surface area contributed by atoms with Gasteiger partial charge in [0.05, 0.1) is 43.8 Å². The molecular weight excluding hydrogens is 728 g/mol. The number of nitrogens with zero attached hydrogens (tertiary/aromatic N) is 6. The number of fused-ring (bicyclic) bond motifs is 2. The van der Waals surface area contributed by atoms with Crippen LogP contribution in [0.25, 0.3) is 22.7 Å². The summed E-state index contributed by atoms with van der Waals surface area (Å²) in [7, 11) is 2.88. The Labute approximate surface area is 318 Å². The number of carbonyl (C=O) groups is 5. The number of likely N-dealkylation sites (tertiary alicyclic amines) is 1. The van der Waals surface area contributed by atoms with Crippen LogP contribution >= 0.6 is 0 Å². The number of rotatable bonds is 15. The SMILES string of the molecule is CN1C(=O)CCC(N2C(=O)c3cccc(NCCOCCOCCOc4ccc(C(=O)Nc5ccc6nc(-c7ccc(=O)n(C)n7)oc6c5)nc4)c3C2=O)C1=O. The van der Waals surface area contributed by atoms with E-state index in [1.54, 1.807) is 42.5 Å². The van der Waals surface area contributed by atoms with Gasteiger partial charge in [0.25, 0.3) is 29.2 Å². The molecule has 3 aromatic heterocycles. The number of carbonyl (C=O) groups excluding carboxylic acids is 5. The summed E-state index contributed by atoms with van der Waals surface area (Å²) in [5.41, 5.74) is 2.63. The molecule has 5 heterocycles. The maximum absolute atomic E-state index is 13.3. The van der Waals surface area contributed by atoms with Crippen LogP contribution in [0.2, 0.25) is 0 Å². The van der Waals surface area contributed by atoms with Crippen molar-refractivity contribution in [3.8, 4) is 17.3 Å². The first-order valence-corrected chi connectivity index (χ1v) is 17.6. The second kappa shape index (κ2) is 16.3. The predicted octanol–water partition coefficient (Wildman–Crippen LogP) is 2.50.